The molecule has 0 aromatic heterocycles. The number of hydrogen-bond donors (Lipinski definition) is 0. The molecule has 0 heterocycles. The zero-order chi connectivity index (χ0) is 12.8. The number of hydrogen-bond acceptors (Lipinski definition) is 4. The van der Waals surface area contributed by atoms with E-state index in [1.165, 1.54) is 14.2 Å². The van der Waals surface area contributed by atoms with E-state index in [1.807, 2.05) is 19.1 Å². The number of benzene rings is 1. The van der Waals surface area contributed by atoms with E-state index in [9.17, 15) is 9.59 Å². The van der Waals surface area contributed by atoms with E-state index in [0.717, 1.165) is 5.56 Å². The highest BCUT2D eigenvalue weighted by Crippen LogP contribution is 2.20. The Morgan fingerprint density at radius 2 is 1.71 bits per heavy atom. The number of carbonyl (C=O) groups is 2. The van der Waals surface area contributed by atoms with Crippen LogP contribution in [0.4, 0.5) is 0 Å². The normalized spacial score (nSPS) is 11.7. The smallest absolute Gasteiger partial charge is 0.337 e. The van der Waals surface area contributed by atoms with Crippen molar-refractivity contribution in [3.05, 3.63) is 35.4 Å². The van der Waals surface area contributed by atoms with Gasteiger partial charge in [0.2, 0.25) is 0 Å². The Kier molecular flexibility index (Phi) is 4.69. The van der Waals surface area contributed by atoms with E-state index in [-0.39, 0.29) is 17.9 Å². The van der Waals surface area contributed by atoms with Crippen LogP contribution in [0, 0.1) is 0 Å². The third-order valence-corrected chi connectivity index (χ3v) is 2.60. The molecule has 1 aromatic carbocycles. The van der Waals surface area contributed by atoms with Gasteiger partial charge in [0.25, 0.3) is 0 Å². The zero-order valence-electron chi connectivity index (χ0n) is 10.2. The van der Waals surface area contributed by atoms with Crippen molar-refractivity contribution in [2.45, 2.75) is 19.3 Å². The SMILES string of the molecule is COC(=O)C[C@H](C)c1ccc(C(=O)OC)cc1. The number of carbonyl (C=O) groups excluding carboxylic acids is 2. The molecule has 17 heavy (non-hydrogen) atoms. The molecule has 0 unspecified atom stereocenters. The lowest BCUT2D eigenvalue weighted by molar-refractivity contribution is -0.140. The summed E-state index contributed by atoms with van der Waals surface area (Å²) in [5.41, 5.74) is 1.49. The van der Waals surface area contributed by atoms with Gasteiger partial charge in [-0.2, -0.15) is 0 Å². The Morgan fingerprint density at radius 3 is 2.18 bits per heavy atom. The van der Waals surface area contributed by atoms with Crippen LogP contribution in [0.25, 0.3) is 0 Å². The molecule has 0 saturated heterocycles. The molecule has 0 bridgehead atoms. The first-order chi connectivity index (χ1) is 8.08. The topological polar surface area (TPSA) is 52.6 Å². The predicted octanol–water partition coefficient (Wildman–Crippen LogP) is 2.14. The van der Waals surface area contributed by atoms with Gasteiger partial charge in [-0.3, -0.25) is 4.79 Å². The summed E-state index contributed by atoms with van der Waals surface area (Å²) in [7, 11) is 2.71. The molecule has 4 heteroatoms. The summed E-state index contributed by atoms with van der Waals surface area (Å²) in [6.45, 7) is 1.93. The number of esters is 2. The van der Waals surface area contributed by atoms with Crippen molar-refractivity contribution < 1.29 is 19.1 Å². The monoisotopic (exact) mass is 236 g/mol. The molecule has 1 atom stereocenters. The standard InChI is InChI=1S/C13H16O4/c1-9(8-12(14)16-2)10-4-6-11(7-5-10)13(15)17-3/h4-7,9H,8H2,1-3H3/t9-/m0/s1. The Labute approximate surface area is 101 Å². The highest BCUT2D eigenvalue weighted by atomic mass is 16.5. The highest BCUT2D eigenvalue weighted by molar-refractivity contribution is 5.89. The fraction of sp³-hybridized carbons (Fsp3) is 0.385. The highest BCUT2D eigenvalue weighted by Gasteiger charge is 2.12. The van der Waals surface area contributed by atoms with Gasteiger partial charge in [-0.1, -0.05) is 19.1 Å². The van der Waals surface area contributed by atoms with E-state index < -0.39 is 0 Å². The Balaban J connectivity index is 2.73. The second-order valence-electron chi connectivity index (χ2n) is 3.79. The minimum Gasteiger partial charge on any atom is -0.469 e. The summed E-state index contributed by atoms with van der Waals surface area (Å²) in [4.78, 5) is 22.3. The van der Waals surface area contributed by atoms with Crippen LogP contribution in [-0.2, 0) is 14.3 Å². The second kappa shape index (κ2) is 6.03. The van der Waals surface area contributed by atoms with Gasteiger partial charge in [0, 0.05) is 0 Å². The van der Waals surface area contributed by atoms with Crippen molar-refractivity contribution in [3.63, 3.8) is 0 Å². The van der Waals surface area contributed by atoms with Crippen molar-refractivity contribution in [2.75, 3.05) is 14.2 Å². The first kappa shape index (κ1) is 13.2. The predicted molar refractivity (Wildman–Crippen MR) is 62.8 cm³/mol. The van der Waals surface area contributed by atoms with Crippen molar-refractivity contribution in [1.82, 2.24) is 0 Å². The molecule has 4 nitrogen and oxygen atoms in total. The third kappa shape index (κ3) is 3.59. The summed E-state index contributed by atoms with van der Waals surface area (Å²) >= 11 is 0. The summed E-state index contributed by atoms with van der Waals surface area (Å²) in [6, 6.07) is 7.02. The van der Waals surface area contributed by atoms with Gasteiger partial charge < -0.3 is 9.47 Å². The molecule has 92 valence electrons. The zero-order valence-corrected chi connectivity index (χ0v) is 10.2. The first-order valence-electron chi connectivity index (χ1n) is 5.33. The maximum atomic E-state index is 11.2. The van der Waals surface area contributed by atoms with Crippen molar-refractivity contribution in [1.29, 1.82) is 0 Å². The maximum Gasteiger partial charge on any atom is 0.337 e. The van der Waals surface area contributed by atoms with Crippen molar-refractivity contribution in [2.24, 2.45) is 0 Å². The van der Waals surface area contributed by atoms with Gasteiger partial charge in [-0.15, -0.1) is 0 Å². The van der Waals surface area contributed by atoms with Crippen LogP contribution in [0.15, 0.2) is 24.3 Å². The van der Waals surface area contributed by atoms with Crippen LogP contribution >= 0.6 is 0 Å². The summed E-state index contributed by atoms with van der Waals surface area (Å²) in [5.74, 6) is -0.541. The minimum absolute atomic E-state index is 0.0640. The van der Waals surface area contributed by atoms with Crippen LogP contribution in [0.1, 0.15) is 35.2 Å². The fourth-order valence-corrected chi connectivity index (χ4v) is 1.52. The maximum absolute atomic E-state index is 11.2. The quantitative estimate of drug-likeness (QED) is 0.751. The average molecular weight is 236 g/mol. The van der Waals surface area contributed by atoms with Crippen LogP contribution in [0.3, 0.4) is 0 Å². The van der Waals surface area contributed by atoms with E-state index in [1.54, 1.807) is 12.1 Å². The Hall–Kier alpha value is -1.84. The number of rotatable bonds is 4. The average Bonchev–Trinajstić information content (AvgIpc) is 2.37. The van der Waals surface area contributed by atoms with Gasteiger partial charge in [0.1, 0.15) is 0 Å². The molecule has 0 aliphatic rings. The number of methoxy groups -OCH3 is 2. The van der Waals surface area contributed by atoms with E-state index in [4.69, 9.17) is 0 Å². The third-order valence-electron chi connectivity index (χ3n) is 2.60. The Bertz CT molecular complexity index is 394. The minimum atomic E-state index is -0.364. The molecule has 1 aromatic rings. The Morgan fingerprint density at radius 1 is 1.12 bits per heavy atom. The van der Waals surface area contributed by atoms with Gasteiger partial charge in [0.15, 0.2) is 0 Å². The molecule has 0 radical (unpaired) electrons. The van der Waals surface area contributed by atoms with Gasteiger partial charge in [0.05, 0.1) is 26.2 Å². The molecular weight excluding hydrogens is 220 g/mol. The number of ether oxygens (including phenoxy) is 2. The first-order valence-corrected chi connectivity index (χ1v) is 5.33. The largest absolute Gasteiger partial charge is 0.469 e. The van der Waals surface area contributed by atoms with E-state index >= 15 is 0 Å². The second-order valence-corrected chi connectivity index (χ2v) is 3.79. The molecule has 0 aliphatic carbocycles. The van der Waals surface area contributed by atoms with Gasteiger partial charge >= 0.3 is 11.9 Å². The van der Waals surface area contributed by atoms with E-state index in [2.05, 4.69) is 9.47 Å². The van der Waals surface area contributed by atoms with Crippen molar-refractivity contribution in [3.8, 4) is 0 Å². The van der Waals surface area contributed by atoms with Crippen LogP contribution in [0.2, 0.25) is 0 Å². The molecule has 1 rings (SSSR count). The lowest BCUT2D eigenvalue weighted by Crippen LogP contribution is -2.06. The van der Waals surface area contributed by atoms with Crippen LogP contribution < -0.4 is 0 Å². The molecule has 0 amide bonds. The summed E-state index contributed by atoms with van der Waals surface area (Å²) < 4.78 is 9.21. The molecular formula is C13H16O4. The van der Waals surface area contributed by atoms with Gasteiger partial charge in [-0.05, 0) is 23.6 Å². The van der Waals surface area contributed by atoms with Crippen LogP contribution in [-0.4, -0.2) is 26.2 Å². The molecule has 0 spiro atoms. The van der Waals surface area contributed by atoms with Gasteiger partial charge in [-0.25, -0.2) is 4.79 Å². The fourth-order valence-electron chi connectivity index (χ4n) is 1.52. The van der Waals surface area contributed by atoms with Crippen LogP contribution in [0.5, 0.6) is 0 Å². The molecule has 0 N–H and O–H groups in total. The van der Waals surface area contributed by atoms with Crippen molar-refractivity contribution >= 4 is 11.9 Å². The lowest BCUT2D eigenvalue weighted by Gasteiger charge is -2.10. The lowest BCUT2D eigenvalue weighted by atomic mass is 9.97. The molecule has 0 saturated carbocycles. The summed E-state index contributed by atoms with van der Waals surface area (Å²) in [5, 5.41) is 0. The molecule has 0 aliphatic heterocycles. The molecule has 0 fully saturated rings. The summed E-state index contributed by atoms with van der Waals surface area (Å²) in [6.07, 6.45) is 0.327. The van der Waals surface area contributed by atoms with E-state index in [0.29, 0.717) is 12.0 Å².